The highest BCUT2D eigenvalue weighted by atomic mass is 16.5. The molecule has 0 spiro atoms. The zero-order valence-electron chi connectivity index (χ0n) is 13.0. The highest BCUT2D eigenvalue weighted by Gasteiger charge is 2.09. The van der Waals surface area contributed by atoms with E-state index in [1.54, 1.807) is 13.0 Å². The molecular weight excluding hydrogens is 280 g/mol. The number of rotatable bonds is 5. The van der Waals surface area contributed by atoms with Crippen LogP contribution in [0.15, 0.2) is 24.3 Å². The lowest BCUT2D eigenvalue weighted by molar-refractivity contribution is -0.140. The molecule has 0 saturated heterocycles. The molecule has 0 atom stereocenters. The second-order valence-electron chi connectivity index (χ2n) is 4.90. The van der Waals surface area contributed by atoms with Gasteiger partial charge in [-0.3, -0.25) is 4.79 Å². The van der Waals surface area contributed by atoms with Crippen LogP contribution in [0, 0.1) is 13.8 Å². The number of ether oxygens (including phenoxy) is 1. The van der Waals surface area contributed by atoms with E-state index in [0.717, 1.165) is 16.8 Å². The molecule has 0 aliphatic rings. The Kier molecular flexibility index (Phi) is 4.93. The predicted molar refractivity (Wildman–Crippen MR) is 86.5 cm³/mol. The SMILES string of the molecule is CCOC(=O)CNc1cc(-c2cccc(C)c2C)nc(N)n1. The quantitative estimate of drug-likeness (QED) is 0.824. The van der Waals surface area contributed by atoms with E-state index in [2.05, 4.69) is 15.3 Å². The molecule has 0 amide bonds. The van der Waals surface area contributed by atoms with Gasteiger partial charge in [-0.25, -0.2) is 4.98 Å². The van der Waals surface area contributed by atoms with Crippen molar-refractivity contribution < 1.29 is 9.53 Å². The Labute approximate surface area is 129 Å². The maximum Gasteiger partial charge on any atom is 0.325 e. The van der Waals surface area contributed by atoms with E-state index in [-0.39, 0.29) is 18.5 Å². The van der Waals surface area contributed by atoms with E-state index in [1.165, 1.54) is 5.56 Å². The molecule has 116 valence electrons. The number of nitrogen functional groups attached to an aromatic ring is 1. The van der Waals surface area contributed by atoms with Gasteiger partial charge in [-0.05, 0) is 31.9 Å². The number of anilines is 2. The Bertz CT molecular complexity index is 686. The summed E-state index contributed by atoms with van der Waals surface area (Å²) in [5.74, 6) is 0.314. The zero-order chi connectivity index (χ0) is 16.1. The molecule has 2 aromatic rings. The first-order valence-electron chi connectivity index (χ1n) is 7.12. The Hall–Kier alpha value is -2.63. The van der Waals surface area contributed by atoms with Gasteiger partial charge < -0.3 is 15.8 Å². The van der Waals surface area contributed by atoms with Crippen LogP contribution in [0.25, 0.3) is 11.3 Å². The number of carbonyl (C=O) groups excluding carboxylic acids is 1. The molecule has 0 saturated carbocycles. The van der Waals surface area contributed by atoms with Crippen molar-refractivity contribution in [3.63, 3.8) is 0 Å². The van der Waals surface area contributed by atoms with Gasteiger partial charge in [0.15, 0.2) is 0 Å². The summed E-state index contributed by atoms with van der Waals surface area (Å²) in [6.45, 7) is 6.23. The summed E-state index contributed by atoms with van der Waals surface area (Å²) in [6, 6.07) is 7.78. The third kappa shape index (κ3) is 3.72. The molecule has 2 rings (SSSR count). The van der Waals surface area contributed by atoms with Crippen LogP contribution in [0.2, 0.25) is 0 Å². The van der Waals surface area contributed by atoms with Crippen molar-refractivity contribution in [3.05, 3.63) is 35.4 Å². The maximum absolute atomic E-state index is 11.4. The number of nitrogens with two attached hydrogens (primary N) is 1. The Balaban J connectivity index is 2.27. The summed E-state index contributed by atoms with van der Waals surface area (Å²) < 4.78 is 4.87. The molecule has 6 heteroatoms. The molecule has 3 N–H and O–H groups in total. The monoisotopic (exact) mass is 300 g/mol. The first-order chi connectivity index (χ1) is 10.5. The van der Waals surface area contributed by atoms with Gasteiger partial charge in [0, 0.05) is 11.6 Å². The van der Waals surface area contributed by atoms with Crippen molar-refractivity contribution in [2.45, 2.75) is 20.8 Å². The number of nitrogens with one attached hydrogen (secondary N) is 1. The highest BCUT2D eigenvalue weighted by Crippen LogP contribution is 2.25. The van der Waals surface area contributed by atoms with Crippen LogP contribution in [0.5, 0.6) is 0 Å². The van der Waals surface area contributed by atoms with E-state index < -0.39 is 0 Å². The molecule has 22 heavy (non-hydrogen) atoms. The number of carbonyl (C=O) groups is 1. The average Bonchev–Trinajstić information content (AvgIpc) is 2.48. The molecular formula is C16H20N4O2. The molecule has 0 aliphatic carbocycles. The molecule has 0 unspecified atom stereocenters. The number of esters is 1. The van der Waals surface area contributed by atoms with Gasteiger partial charge in [-0.15, -0.1) is 0 Å². The molecule has 1 aromatic heterocycles. The number of nitrogens with zero attached hydrogens (tertiary/aromatic N) is 2. The van der Waals surface area contributed by atoms with E-state index in [1.807, 2.05) is 32.0 Å². The fourth-order valence-electron chi connectivity index (χ4n) is 2.10. The van der Waals surface area contributed by atoms with Crippen LogP contribution < -0.4 is 11.1 Å². The van der Waals surface area contributed by atoms with Crippen LogP contribution in [0.4, 0.5) is 11.8 Å². The van der Waals surface area contributed by atoms with Gasteiger partial charge in [0.2, 0.25) is 5.95 Å². The number of aromatic nitrogens is 2. The summed E-state index contributed by atoms with van der Waals surface area (Å²) in [5, 5.41) is 2.91. The second kappa shape index (κ2) is 6.89. The maximum atomic E-state index is 11.4. The summed E-state index contributed by atoms with van der Waals surface area (Å²) in [4.78, 5) is 19.8. The van der Waals surface area contributed by atoms with E-state index in [4.69, 9.17) is 10.5 Å². The molecule has 1 heterocycles. The fourth-order valence-corrected chi connectivity index (χ4v) is 2.10. The highest BCUT2D eigenvalue weighted by molar-refractivity contribution is 5.75. The number of aryl methyl sites for hydroxylation is 1. The lowest BCUT2D eigenvalue weighted by atomic mass is 10.0. The number of benzene rings is 1. The molecule has 1 aromatic carbocycles. The Morgan fingerprint density at radius 3 is 2.82 bits per heavy atom. The van der Waals surface area contributed by atoms with Crippen molar-refractivity contribution >= 4 is 17.7 Å². The van der Waals surface area contributed by atoms with Crippen LogP contribution in [0.3, 0.4) is 0 Å². The van der Waals surface area contributed by atoms with Gasteiger partial charge in [-0.2, -0.15) is 4.98 Å². The lowest BCUT2D eigenvalue weighted by Crippen LogP contribution is -2.17. The van der Waals surface area contributed by atoms with E-state index in [0.29, 0.717) is 12.4 Å². The van der Waals surface area contributed by atoms with Gasteiger partial charge in [-0.1, -0.05) is 18.2 Å². The molecule has 0 fully saturated rings. The Morgan fingerprint density at radius 1 is 1.32 bits per heavy atom. The predicted octanol–water partition coefficient (Wildman–Crippen LogP) is 2.32. The second-order valence-corrected chi connectivity index (χ2v) is 4.90. The summed E-state index contributed by atoms with van der Waals surface area (Å²) in [6.07, 6.45) is 0. The Morgan fingerprint density at radius 2 is 2.09 bits per heavy atom. The smallest absolute Gasteiger partial charge is 0.325 e. The zero-order valence-corrected chi connectivity index (χ0v) is 13.0. The van der Waals surface area contributed by atoms with Crippen LogP contribution >= 0.6 is 0 Å². The van der Waals surface area contributed by atoms with Gasteiger partial charge in [0.25, 0.3) is 0 Å². The first kappa shape index (κ1) is 15.8. The van der Waals surface area contributed by atoms with Crippen molar-refractivity contribution in [2.75, 3.05) is 24.2 Å². The summed E-state index contributed by atoms with van der Waals surface area (Å²) >= 11 is 0. The van der Waals surface area contributed by atoms with Crippen LogP contribution in [-0.2, 0) is 9.53 Å². The third-order valence-corrected chi connectivity index (χ3v) is 3.34. The molecule has 6 nitrogen and oxygen atoms in total. The third-order valence-electron chi connectivity index (χ3n) is 3.34. The van der Waals surface area contributed by atoms with Crippen molar-refractivity contribution in [2.24, 2.45) is 0 Å². The van der Waals surface area contributed by atoms with Crippen molar-refractivity contribution in [3.8, 4) is 11.3 Å². The van der Waals surface area contributed by atoms with Crippen molar-refractivity contribution in [1.29, 1.82) is 0 Å². The normalized spacial score (nSPS) is 10.3. The first-order valence-corrected chi connectivity index (χ1v) is 7.12. The summed E-state index contributed by atoms with van der Waals surface area (Å²) in [7, 11) is 0. The topological polar surface area (TPSA) is 90.1 Å². The largest absolute Gasteiger partial charge is 0.465 e. The minimum Gasteiger partial charge on any atom is -0.465 e. The fraction of sp³-hybridized carbons (Fsp3) is 0.312. The van der Waals surface area contributed by atoms with E-state index >= 15 is 0 Å². The lowest BCUT2D eigenvalue weighted by Gasteiger charge is -2.11. The average molecular weight is 300 g/mol. The molecule has 0 radical (unpaired) electrons. The van der Waals surface area contributed by atoms with Gasteiger partial charge in [0.05, 0.1) is 12.3 Å². The minimum absolute atomic E-state index is 0.0382. The number of hydrogen-bond donors (Lipinski definition) is 2. The molecule has 0 aliphatic heterocycles. The summed E-state index contributed by atoms with van der Waals surface area (Å²) in [5.41, 5.74) is 9.80. The minimum atomic E-state index is -0.340. The van der Waals surface area contributed by atoms with E-state index in [9.17, 15) is 4.79 Å². The van der Waals surface area contributed by atoms with Crippen LogP contribution in [-0.4, -0.2) is 29.1 Å². The standard InChI is InChI=1S/C16H20N4O2/c1-4-22-15(21)9-18-14-8-13(19-16(17)20-14)12-7-5-6-10(2)11(12)3/h5-8H,4,9H2,1-3H3,(H3,17,18,19,20). The van der Waals surface area contributed by atoms with Crippen molar-refractivity contribution in [1.82, 2.24) is 9.97 Å². The van der Waals surface area contributed by atoms with Gasteiger partial charge in [0.1, 0.15) is 12.4 Å². The van der Waals surface area contributed by atoms with Gasteiger partial charge >= 0.3 is 5.97 Å². The molecule has 0 bridgehead atoms. The van der Waals surface area contributed by atoms with Crippen LogP contribution in [0.1, 0.15) is 18.1 Å². The number of hydrogen-bond acceptors (Lipinski definition) is 6.